The highest BCUT2D eigenvalue weighted by atomic mass is 16.3. The van der Waals surface area contributed by atoms with Crippen molar-refractivity contribution in [3.05, 3.63) is 176 Å². The molecule has 0 unspecified atom stereocenters. The lowest BCUT2D eigenvalue weighted by Gasteiger charge is -2.10. The maximum Gasteiger partial charge on any atom is 0.167 e. The highest BCUT2D eigenvalue weighted by Crippen LogP contribution is 2.40. The van der Waals surface area contributed by atoms with Crippen LogP contribution in [-0.4, -0.2) is 19.5 Å². The standard InChI is InChI=1S/C51H32N4O2/c1-3-12-31(13-4-1)49-52-50(32-14-5-2-6-15-32)54-51(53-49)40-19-11-18-39-42-29-34(23-27-46(42)57-48(39)40)33-22-26-45-41(28-33)38-25-24-35(30-47(38)56-45)55-43-20-9-7-16-36(43)37-17-8-10-21-44(37)55/h1,3-5,7-30H,2,6H2. The van der Waals surface area contributed by atoms with Crippen molar-refractivity contribution in [3.8, 4) is 39.6 Å². The number of fused-ring (bicyclic) bond motifs is 9. The fourth-order valence-corrected chi connectivity index (χ4v) is 8.56. The first kappa shape index (κ1) is 31.7. The molecule has 12 rings (SSSR count). The minimum absolute atomic E-state index is 0.585. The van der Waals surface area contributed by atoms with Crippen LogP contribution in [-0.2, 0) is 0 Å². The maximum atomic E-state index is 6.62. The largest absolute Gasteiger partial charge is 0.456 e. The van der Waals surface area contributed by atoms with Crippen LogP contribution in [0.4, 0.5) is 0 Å². The first-order valence-corrected chi connectivity index (χ1v) is 19.3. The predicted octanol–water partition coefficient (Wildman–Crippen LogP) is 13.5. The fraction of sp³-hybridized carbons (Fsp3) is 0.0392. The normalized spacial score (nSPS) is 13.2. The first-order valence-electron chi connectivity index (χ1n) is 19.3. The number of furan rings is 2. The number of allylic oxidation sites excluding steroid dienone is 4. The molecule has 0 saturated carbocycles. The van der Waals surface area contributed by atoms with E-state index in [1.807, 2.05) is 36.4 Å². The molecule has 0 saturated heterocycles. The van der Waals surface area contributed by atoms with Gasteiger partial charge in [-0.15, -0.1) is 0 Å². The van der Waals surface area contributed by atoms with Gasteiger partial charge in [0.25, 0.3) is 0 Å². The SMILES string of the molecule is C1=CC(c2nc(-c3ccccc3)nc(-c3cccc4c3oc3ccc(-c5ccc6oc7cc(-n8c9ccccc9c9ccccc98)ccc7c6c5)cc34)n2)=CCC1. The van der Waals surface area contributed by atoms with Crippen LogP contribution in [0.2, 0.25) is 0 Å². The van der Waals surface area contributed by atoms with Crippen molar-refractivity contribution in [1.29, 1.82) is 0 Å². The molecule has 268 valence electrons. The molecule has 0 fully saturated rings. The van der Waals surface area contributed by atoms with Gasteiger partial charge in [-0.25, -0.2) is 15.0 Å². The van der Waals surface area contributed by atoms with Crippen LogP contribution in [0.25, 0.3) is 111 Å². The number of aromatic nitrogens is 4. The van der Waals surface area contributed by atoms with E-state index in [1.165, 1.54) is 21.8 Å². The van der Waals surface area contributed by atoms with Crippen molar-refractivity contribution in [3.63, 3.8) is 0 Å². The van der Waals surface area contributed by atoms with E-state index < -0.39 is 0 Å². The monoisotopic (exact) mass is 732 g/mol. The van der Waals surface area contributed by atoms with Gasteiger partial charge in [-0.3, -0.25) is 0 Å². The number of nitrogens with zero attached hydrogens (tertiary/aromatic N) is 4. The Balaban J connectivity index is 0.955. The Hall–Kier alpha value is -7.57. The summed E-state index contributed by atoms with van der Waals surface area (Å²) in [5.41, 5.74) is 11.7. The third-order valence-corrected chi connectivity index (χ3v) is 11.3. The van der Waals surface area contributed by atoms with Crippen molar-refractivity contribution in [1.82, 2.24) is 19.5 Å². The van der Waals surface area contributed by atoms with E-state index in [0.29, 0.717) is 17.5 Å². The lowest BCUT2D eigenvalue weighted by Crippen LogP contribution is -2.03. The second-order valence-electron chi connectivity index (χ2n) is 14.7. The van der Waals surface area contributed by atoms with Crippen LogP contribution >= 0.6 is 0 Å². The Kier molecular flexibility index (Phi) is 6.95. The number of hydrogen-bond donors (Lipinski definition) is 0. The van der Waals surface area contributed by atoms with E-state index in [-0.39, 0.29) is 0 Å². The van der Waals surface area contributed by atoms with Crippen LogP contribution < -0.4 is 0 Å². The van der Waals surface area contributed by atoms with E-state index in [9.17, 15) is 0 Å². The molecule has 7 aromatic carbocycles. The van der Waals surface area contributed by atoms with E-state index in [2.05, 4.69) is 138 Å². The Morgan fingerprint density at radius 2 is 1.11 bits per heavy atom. The number of hydrogen-bond acceptors (Lipinski definition) is 5. The molecule has 0 amide bonds. The number of benzene rings is 7. The molecule has 4 aromatic heterocycles. The number of para-hydroxylation sites is 3. The molecule has 6 heteroatoms. The Bertz CT molecular complexity index is 3420. The molecular formula is C51H32N4O2. The van der Waals surface area contributed by atoms with Gasteiger partial charge < -0.3 is 13.4 Å². The average molecular weight is 733 g/mol. The van der Waals surface area contributed by atoms with E-state index >= 15 is 0 Å². The van der Waals surface area contributed by atoms with Crippen molar-refractivity contribution in [2.45, 2.75) is 12.8 Å². The molecule has 0 atom stereocenters. The fourth-order valence-electron chi connectivity index (χ4n) is 8.56. The molecular weight excluding hydrogens is 701 g/mol. The van der Waals surface area contributed by atoms with Gasteiger partial charge in [-0.2, -0.15) is 0 Å². The van der Waals surface area contributed by atoms with Crippen molar-refractivity contribution in [2.75, 3.05) is 0 Å². The van der Waals surface area contributed by atoms with Crippen molar-refractivity contribution in [2.24, 2.45) is 0 Å². The summed E-state index contributed by atoms with van der Waals surface area (Å²) in [5, 5.41) is 6.69. The highest BCUT2D eigenvalue weighted by Gasteiger charge is 2.20. The average Bonchev–Trinajstić information content (AvgIpc) is 3.95. The topological polar surface area (TPSA) is 69.9 Å². The quantitative estimate of drug-likeness (QED) is 0.176. The molecule has 6 nitrogen and oxygen atoms in total. The zero-order valence-electron chi connectivity index (χ0n) is 30.7. The Morgan fingerprint density at radius 1 is 0.439 bits per heavy atom. The van der Waals surface area contributed by atoms with Crippen molar-refractivity contribution >= 4 is 71.3 Å². The maximum absolute atomic E-state index is 6.62. The summed E-state index contributed by atoms with van der Waals surface area (Å²) in [6.45, 7) is 0. The Morgan fingerprint density at radius 3 is 1.86 bits per heavy atom. The third kappa shape index (κ3) is 5.07. The summed E-state index contributed by atoms with van der Waals surface area (Å²) in [6, 6.07) is 52.9. The predicted molar refractivity (Wildman–Crippen MR) is 231 cm³/mol. The highest BCUT2D eigenvalue weighted by molar-refractivity contribution is 6.12. The van der Waals surface area contributed by atoms with Gasteiger partial charge in [0.1, 0.15) is 22.3 Å². The van der Waals surface area contributed by atoms with Crippen molar-refractivity contribution < 1.29 is 8.83 Å². The molecule has 0 radical (unpaired) electrons. The summed E-state index contributed by atoms with van der Waals surface area (Å²) in [7, 11) is 0. The second kappa shape index (κ2) is 12.5. The molecule has 0 spiro atoms. The Labute approximate surface area is 326 Å². The van der Waals surface area contributed by atoms with Crippen LogP contribution in [0.5, 0.6) is 0 Å². The molecule has 1 aliphatic rings. The lowest BCUT2D eigenvalue weighted by atomic mass is 10.00. The summed E-state index contributed by atoms with van der Waals surface area (Å²) in [5.74, 6) is 1.88. The summed E-state index contributed by atoms with van der Waals surface area (Å²) in [6.07, 6.45) is 8.46. The molecule has 4 heterocycles. The van der Waals surface area contributed by atoms with Crippen LogP contribution in [0, 0.1) is 0 Å². The minimum Gasteiger partial charge on any atom is -0.456 e. The zero-order valence-corrected chi connectivity index (χ0v) is 30.7. The molecule has 0 N–H and O–H groups in total. The lowest BCUT2D eigenvalue weighted by molar-refractivity contribution is 0.668. The molecule has 57 heavy (non-hydrogen) atoms. The van der Waals surface area contributed by atoms with Crippen LogP contribution in [0.15, 0.2) is 179 Å². The van der Waals surface area contributed by atoms with Gasteiger partial charge in [0, 0.05) is 55.2 Å². The van der Waals surface area contributed by atoms with E-state index in [0.717, 1.165) is 90.2 Å². The van der Waals surface area contributed by atoms with Gasteiger partial charge in [0.05, 0.1) is 16.6 Å². The van der Waals surface area contributed by atoms with E-state index in [1.54, 1.807) is 0 Å². The summed E-state index contributed by atoms with van der Waals surface area (Å²) >= 11 is 0. The van der Waals surface area contributed by atoms with Gasteiger partial charge in [0.15, 0.2) is 17.5 Å². The molecule has 0 aliphatic heterocycles. The van der Waals surface area contributed by atoms with E-state index in [4.69, 9.17) is 23.8 Å². The molecule has 11 aromatic rings. The summed E-state index contributed by atoms with van der Waals surface area (Å²) < 4.78 is 15.5. The van der Waals surface area contributed by atoms with Gasteiger partial charge in [0.2, 0.25) is 0 Å². The third-order valence-electron chi connectivity index (χ3n) is 11.3. The zero-order chi connectivity index (χ0) is 37.5. The van der Waals surface area contributed by atoms with Crippen LogP contribution in [0.1, 0.15) is 18.7 Å². The number of rotatable bonds is 5. The second-order valence-corrected chi connectivity index (χ2v) is 14.7. The van der Waals surface area contributed by atoms with Gasteiger partial charge in [-0.05, 0) is 78.6 Å². The molecule has 1 aliphatic carbocycles. The van der Waals surface area contributed by atoms with Gasteiger partial charge >= 0.3 is 0 Å². The first-order chi connectivity index (χ1) is 28.2. The summed E-state index contributed by atoms with van der Waals surface area (Å²) in [4.78, 5) is 14.9. The van der Waals surface area contributed by atoms with Crippen LogP contribution in [0.3, 0.4) is 0 Å². The smallest absolute Gasteiger partial charge is 0.167 e. The van der Waals surface area contributed by atoms with Gasteiger partial charge in [-0.1, -0.05) is 109 Å². The minimum atomic E-state index is 0.585. The molecule has 0 bridgehead atoms.